The molecule has 85 valence electrons. The normalized spacial score (nSPS) is 19.1. The standard InChI is InChI=1S/C14H18NO/c1-2-3-4-9-13-12-8-6-5-7-11(12)10-15-14(13)16/h5-8,13H,2-4,9-10H2,1H3. The van der Waals surface area contributed by atoms with Crippen LogP contribution in [-0.2, 0) is 11.3 Å². The maximum absolute atomic E-state index is 11.8. The van der Waals surface area contributed by atoms with Gasteiger partial charge in [-0.2, -0.15) is 0 Å². The van der Waals surface area contributed by atoms with E-state index in [1.54, 1.807) is 0 Å². The van der Waals surface area contributed by atoms with E-state index in [1.165, 1.54) is 24.0 Å². The Morgan fingerprint density at radius 3 is 2.94 bits per heavy atom. The first kappa shape index (κ1) is 11.2. The van der Waals surface area contributed by atoms with Crippen molar-refractivity contribution in [1.29, 1.82) is 0 Å². The van der Waals surface area contributed by atoms with Crippen LogP contribution >= 0.6 is 0 Å². The van der Waals surface area contributed by atoms with E-state index in [1.807, 2.05) is 12.1 Å². The highest BCUT2D eigenvalue weighted by Gasteiger charge is 2.27. The van der Waals surface area contributed by atoms with Crippen LogP contribution in [0, 0.1) is 0 Å². The molecule has 2 heteroatoms. The highest BCUT2D eigenvalue weighted by molar-refractivity contribution is 5.85. The molecule has 1 unspecified atom stereocenters. The Morgan fingerprint density at radius 1 is 1.31 bits per heavy atom. The Kier molecular flexibility index (Phi) is 3.60. The Balaban J connectivity index is 2.13. The molecule has 16 heavy (non-hydrogen) atoms. The molecular weight excluding hydrogens is 198 g/mol. The Hall–Kier alpha value is -1.31. The molecule has 0 saturated heterocycles. The third kappa shape index (κ3) is 2.26. The number of carbonyl (C=O) groups is 1. The van der Waals surface area contributed by atoms with Crippen molar-refractivity contribution in [2.24, 2.45) is 0 Å². The van der Waals surface area contributed by atoms with Crippen molar-refractivity contribution in [2.75, 3.05) is 0 Å². The van der Waals surface area contributed by atoms with Crippen molar-refractivity contribution >= 4 is 5.91 Å². The molecule has 0 aromatic heterocycles. The summed E-state index contributed by atoms with van der Waals surface area (Å²) in [4.78, 5) is 11.8. The molecule has 0 saturated carbocycles. The predicted molar refractivity (Wildman–Crippen MR) is 64.2 cm³/mol. The van der Waals surface area contributed by atoms with Gasteiger partial charge in [-0.25, -0.2) is 5.32 Å². The molecule has 0 bridgehead atoms. The molecule has 1 aliphatic heterocycles. The number of unbranched alkanes of at least 4 members (excludes halogenated alkanes) is 2. The molecular formula is C14H18NO. The molecule has 2 nitrogen and oxygen atoms in total. The molecule has 1 aromatic carbocycles. The van der Waals surface area contributed by atoms with Crippen molar-refractivity contribution in [3.05, 3.63) is 35.4 Å². The number of carbonyl (C=O) groups excluding carboxylic acids is 1. The van der Waals surface area contributed by atoms with Crippen molar-refractivity contribution < 1.29 is 4.79 Å². The Labute approximate surface area is 97.1 Å². The number of hydrogen-bond acceptors (Lipinski definition) is 1. The number of rotatable bonds is 4. The Bertz CT molecular complexity index is 373. The van der Waals surface area contributed by atoms with Crippen LogP contribution in [0.1, 0.15) is 49.7 Å². The monoisotopic (exact) mass is 216 g/mol. The summed E-state index contributed by atoms with van der Waals surface area (Å²) >= 11 is 0. The maximum atomic E-state index is 11.8. The van der Waals surface area contributed by atoms with E-state index >= 15 is 0 Å². The molecule has 0 N–H and O–H groups in total. The average molecular weight is 216 g/mol. The first-order chi connectivity index (χ1) is 7.83. The van der Waals surface area contributed by atoms with Crippen LogP contribution in [0.25, 0.3) is 0 Å². The Morgan fingerprint density at radius 2 is 2.12 bits per heavy atom. The van der Waals surface area contributed by atoms with Gasteiger partial charge in [-0.3, -0.25) is 4.79 Å². The molecule has 0 spiro atoms. The lowest BCUT2D eigenvalue weighted by atomic mass is 9.86. The van der Waals surface area contributed by atoms with Crippen LogP contribution < -0.4 is 5.32 Å². The third-order valence-corrected chi connectivity index (χ3v) is 3.23. The van der Waals surface area contributed by atoms with Gasteiger partial charge < -0.3 is 0 Å². The van der Waals surface area contributed by atoms with Crippen molar-refractivity contribution in [3.8, 4) is 0 Å². The fourth-order valence-electron chi connectivity index (χ4n) is 2.30. The smallest absolute Gasteiger partial charge is 0.249 e. The zero-order valence-corrected chi connectivity index (χ0v) is 9.78. The molecule has 0 aliphatic carbocycles. The van der Waals surface area contributed by atoms with Gasteiger partial charge >= 0.3 is 0 Å². The molecule has 1 atom stereocenters. The number of amides is 1. The summed E-state index contributed by atoms with van der Waals surface area (Å²) in [5, 5.41) is 4.09. The minimum absolute atomic E-state index is 0.0245. The summed E-state index contributed by atoms with van der Waals surface area (Å²) < 4.78 is 0. The van der Waals surface area contributed by atoms with E-state index < -0.39 is 0 Å². The van der Waals surface area contributed by atoms with E-state index in [4.69, 9.17) is 0 Å². The largest absolute Gasteiger partial charge is 0.272 e. The van der Waals surface area contributed by atoms with Gasteiger partial charge in [0, 0.05) is 0 Å². The van der Waals surface area contributed by atoms with Crippen molar-refractivity contribution in [3.63, 3.8) is 0 Å². The van der Waals surface area contributed by atoms with Gasteiger partial charge in [0.2, 0.25) is 5.91 Å². The van der Waals surface area contributed by atoms with Gasteiger partial charge in [0.05, 0.1) is 12.5 Å². The summed E-state index contributed by atoms with van der Waals surface area (Å²) in [7, 11) is 0. The van der Waals surface area contributed by atoms with Gasteiger partial charge in [-0.1, -0.05) is 50.5 Å². The highest BCUT2D eigenvalue weighted by Crippen LogP contribution is 2.29. The van der Waals surface area contributed by atoms with Crippen LogP contribution in [0.15, 0.2) is 24.3 Å². The summed E-state index contributed by atoms with van der Waals surface area (Å²) in [5.41, 5.74) is 2.43. The van der Waals surface area contributed by atoms with E-state index in [2.05, 4.69) is 24.4 Å². The number of benzene rings is 1. The van der Waals surface area contributed by atoms with Crippen molar-refractivity contribution in [1.82, 2.24) is 5.32 Å². The van der Waals surface area contributed by atoms with E-state index in [-0.39, 0.29) is 11.8 Å². The fourth-order valence-corrected chi connectivity index (χ4v) is 2.30. The first-order valence-electron chi connectivity index (χ1n) is 6.12. The van der Waals surface area contributed by atoms with Crippen LogP contribution in [-0.4, -0.2) is 5.91 Å². The van der Waals surface area contributed by atoms with Gasteiger partial charge in [0.1, 0.15) is 0 Å². The maximum Gasteiger partial charge on any atom is 0.249 e. The molecule has 1 radical (unpaired) electrons. The van der Waals surface area contributed by atoms with Gasteiger partial charge in [0.25, 0.3) is 0 Å². The van der Waals surface area contributed by atoms with Gasteiger partial charge in [0.15, 0.2) is 0 Å². The van der Waals surface area contributed by atoms with Crippen LogP contribution in [0.5, 0.6) is 0 Å². The van der Waals surface area contributed by atoms with Gasteiger partial charge in [-0.05, 0) is 17.5 Å². The predicted octanol–water partition coefficient (Wildman–Crippen LogP) is 3.00. The SMILES string of the molecule is CCCCCC1C(=O)[N]Cc2ccccc21. The van der Waals surface area contributed by atoms with E-state index in [9.17, 15) is 4.79 Å². The molecule has 0 fully saturated rings. The minimum atomic E-state index is 0.0245. The highest BCUT2D eigenvalue weighted by atomic mass is 16.1. The third-order valence-electron chi connectivity index (χ3n) is 3.23. The zero-order chi connectivity index (χ0) is 11.4. The number of nitrogens with zero attached hydrogens (tertiary/aromatic N) is 1. The molecule has 1 heterocycles. The lowest BCUT2D eigenvalue weighted by Crippen LogP contribution is -2.29. The topological polar surface area (TPSA) is 31.2 Å². The summed E-state index contributed by atoms with van der Waals surface area (Å²) in [6.07, 6.45) is 4.47. The second-order valence-corrected chi connectivity index (χ2v) is 4.40. The lowest BCUT2D eigenvalue weighted by molar-refractivity contribution is -0.123. The fraction of sp³-hybridized carbons (Fsp3) is 0.500. The average Bonchev–Trinajstić information content (AvgIpc) is 2.32. The van der Waals surface area contributed by atoms with Crippen LogP contribution in [0.2, 0.25) is 0 Å². The van der Waals surface area contributed by atoms with Crippen molar-refractivity contribution in [2.45, 2.75) is 45.1 Å². The van der Waals surface area contributed by atoms with Crippen LogP contribution in [0.4, 0.5) is 0 Å². The van der Waals surface area contributed by atoms with Gasteiger partial charge in [-0.15, -0.1) is 0 Å². The molecule has 2 rings (SSSR count). The summed E-state index contributed by atoms with van der Waals surface area (Å²) in [6.45, 7) is 2.75. The second-order valence-electron chi connectivity index (χ2n) is 4.40. The number of fused-ring (bicyclic) bond motifs is 1. The number of hydrogen-bond donors (Lipinski definition) is 0. The lowest BCUT2D eigenvalue weighted by Gasteiger charge is -2.23. The molecule has 1 aliphatic rings. The second kappa shape index (κ2) is 5.15. The summed E-state index contributed by atoms with van der Waals surface area (Å²) in [5.74, 6) is 0.103. The minimum Gasteiger partial charge on any atom is -0.272 e. The molecule has 1 aromatic rings. The summed E-state index contributed by atoms with van der Waals surface area (Å²) in [6, 6.07) is 8.20. The van der Waals surface area contributed by atoms with E-state index in [0.717, 1.165) is 12.8 Å². The van der Waals surface area contributed by atoms with E-state index in [0.29, 0.717) is 6.54 Å². The van der Waals surface area contributed by atoms with Crippen LogP contribution in [0.3, 0.4) is 0 Å². The quantitative estimate of drug-likeness (QED) is 0.712. The first-order valence-corrected chi connectivity index (χ1v) is 6.12. The zero-order valence-electron chi connectivity index (χ0n) is 9.78. The molecule has 1 amide bonds.